The SMILES string of the molecule is CCN(Cc1ccccc1)C(=O)c1ccnc(N(CC)CC)c1. The van der Waals surface area contributed by atoms with Crippen molar-refractivity contribution in [2.45, 2.75) is 27.3 Å². The molecule has 0 N–H and O–H groups in total. The quantitative estimate of drug-likeness (QED) is 0.784. The van der Waals surface area contributed by atoms with Crippen LogP contribution in [0.3, 0.4) is 0 Å². The molecule has 1 aromatic carbocycles. The number of amides is 1. The average Bonchev–Trinajstić information content (AvgIpc) is 2.61. The molecular weight excluding hydrogens is 286 g/mol. The third kappa shape index (κ3) is 4.31. The number of hydrogen-bond donors (Lipinski definition) is 0. The number of carbonyl (C=O) groups excluding carboxylic acids is 1. The number of hydrogen-bond acceptors (Lipinski definition) is 3. The Morgan fingerprint density at radius 3 is 2.30 bits per heavy atom. The normalized spacial score (nSPS) is 10.4. The van der Waals surface area contributed by atoms with Crippen molar-refractivity contribution < 1.29 is 4.79 Å². The van der Waals surface area contributed by atoms with Crippen LogP contribution in [0.5, 0.6) is 0 Å². The minimum atomic E-state index is 0.0483. The van der Waals surface area contributed by atoms with E-state index >= 15 is 0 Å². The van der Waals surface area contributed by atoms with Gasteiger partial charge in [0.1, 0.15) is 5.82 Å². The summed E-state index contributed by atoms with van der Waals surface area (Å²) in [6, 6.07) is 13.8. The number of carbonyl (C=O) groups is 1. The third-order valence-electron chi connectivity index (χ3n) is 3.97. The summed E-state index contributed by atoms with van der Waals surface area (Å²) in [5, 5.41) is 0. The first-order valence-corrected chi connectivity index (χ1v) is 8.23. The molecular formula is C19H25N3O. The van der Waals surface area contributed by atoms with Gasteiger partial charge in [0.05, 0.1) is 0 Å². The van der Waals surface area contributed by atoms with Crippen LogP contribution in [0.15, 0.2) is 48.7 Å². The minimum absolute atomic E-state index is 0.0483. The standard InChI is InChI=1S/C19H25N3O/c1-4-21(5-2)18-14-17(12-13-20-18)19(23)22(6-3)15-16-10-8-7-9-11-16/h7-14H,4-6,15H2,1-3H3. The van der Waals surface area contributed by atoms with Crippen molar-refractivity contribution in [2.24, 2.45) is 0 Å². The third-order valence-corrected chi connectivity index (χ3v) is 3.97. The molecule has 0 aliphatic rings. The summed E-state index contributed by atoms with van der Waals surface area (Å²) < 4.78 is 0. The molecule has 0 fully saturated rings. The second-order valence-electron chi connectivity index (χ2n) is 5.38. The van der Waals surface area contributed by atoms with Crippen molar-refractivity contribution in [1.82, 2.24) is 9.88 Å². The Labute approximate surface area is 138 Å². The lowest BCUT2D eigenvalue weighted by molar-refractivity contribution is 0.0752. The number of rotatable bonds is 7. The lowest BCUT2D eigenvalue weighted by Gasteiger charge is -2.23. The summed E-state index contributed by atoms with van der Waals surface area (Å²) in [7, 11) is 0. The average molecular weight is 311 g/mol. The number of benzene rings is 1. The molecule has 0 radical (unpaired) electrons. The number of aromatic nitrogens is 1. The van der Waals surface area contributed by atoms with E-state index in [0.29, 0.717) is 18.7 Å². The molecule has 23 heavy (non-hydrogen) atoms. The summed E-state index contributed by atoms with van der Waals surface area (Å²) >= 11 is 0. The van der Waals surface area contributed by atoms with Gasteiger partial charge in [0, 0.05) is 37.9 Å². The Balaban J connectivity index is 2.19. The van der Waals surface area contributed by atoms with Crippen LogP contribution in [0.25, 0.3) is 0 Å². The Bertz CT molecular complexity index is 624. The van der Waals surface area contributed by atoms with Crippen molar-refractivity contribution in [2.75, 3.05) is 24.5 Å². The first-order chi connectivity index (χ1) is 11.2. The van der Waals surface area contributed by atoms with Crippen molar-refractivity contribution in [3.63, 3.8) is 0 Å². The van der Waals surface area contributed by atoms with Crippen molar-refractivity contribution >= 4 is 11.7 Å². The first-order valence-electron chi connectivity index (χ1n) is 8.23. The number of anilines is 1. The predicted molar refractivity (Wildman–Crippen MR) is 94.7 cm³/mol. The van der Waals surface area contributed by atoms with Gasteiger partial charge in [-0.1, -0.05) is 30.3 Å². The van der Waals surface area contributed by atoms with Crippen molar-refractivity contribution in [1.29, 1.82) is 0 Å². The maximum Gasteiger partial charge on any atom is 0.254 e. The zero-order valence-corrected chi connectivity index (χ0v) is 14.2. The van der Waals surface area contributed by atoms with E-state index in [-0.39, 0.29) is 5.91 Å². The van der Waals surface area contributed by atoms with Crippen LogP contribution in [0.2, 0.25) is 0 Å². The van der Waals surface area contributed by atoms with E-state index in [0.717, 1.165) is 24.5 Å². The highest BCUT2D eigenvalue weighted by Crippen LogP contribution is 2.15. The molecule has 2 aromatic rings. The summed E-state index contributed by atoms with van der Waals surface area (Å²) in [4.78, 5) is 21.2. The van der Waals surface area contributed by atoms with Crippen molar-refractivity contribution in [3.8, 4) is 0 Å². The van der Waals surface area contributed by atoms with Gasteiger partial charge in [0.25, 0.3) is 5.91 Å². The number of nitrogens with zero attached hydrogens (tertiary/aromatic N) is 3. The van der Waals surface area contributed by atoms with Gasteiger partial charge >= 0.3 is 0 Å². The smallest absolute Gasteiger partial charge is 0.254 e. The maximum atomic E-state index is 12.8. The highest BCUT2D eigenvalue weighted by molar-refractivity contribution is 5.94. The molecule has 0 spiro atoms. The molecule has 0 aliphatic carbocycles. The monoisotopic (exact) mass is 311 g/mol. The Hall–Kier alpha value is -2.36. The Kier molecular flexibility index (Phi) is 6.15. The van der Waals surface area contributed by atoms with E-state index in [1.54, 1.807) is 12.3 Å². The van der Waals surface area contributed by atoms with Gasteiger partial charge in [-0.2, -0.15) is 0 Å². The van der Waals surface area contributed by atoms with Gasteiger partial charge in [-0.3, -0.25) is 4.79 Å². The van der Waals surface area contributed by atoms with Crippen LogP contribution in [0, 0.1) is 0 Å². The van der Waals surface area contributed by atoms with Gasteiger partial charge < -0.3 is 9.80 Å². The van der Waals surface area contributed by atoms with E-state index in [9.17, 15) is 4.79 Å². The zero-order valence-electron chi connectivity index (χ0n) is 14.2. The van der Waals surface area contributed by atoms with Crippen LogP contribution in [0.1, 0.15) is 36.7 Å². The number of pyridine rings is 1. The van der Waals surface area contributed by atoms with Crippen LogP contribution >= 0.6 is 0 Å². The molecule has 1 heterocycles. The largest absolute Gasteiger partial charge is 0.357 e. The molecule has 1 amide bonds. The molecule has 0 bridgehead atoms. The Morgan fingerprint density at radius 2 is 1.70 bits per heavy atom. The van der Waals surface area contributed by atoms with Crippen LogP contribution in [0.4, 0.5) is 5.82 Å². The van der Waals surface area contributed by atoms with E-state index in [4.69, 9.17) is 0 Å². The van der Waals surface area contributed by atoms with Crippen LogP contribution < -0.4 is 4.90 Å². The highest BCUT2D eigenvalue weighted by Gasteiger charge is 2.16. The molecule has 1 aromatic heterocycles. The van der Waals surface area contributed by atoms with Gasteiger partial charge in [-0.25, -0.2) is 4.98 Å². The second-order valence-corrected chi connectivity index (χ2v) is 5.38. The van der Waals surface area contributed by atoms with Crippen molar-refractivity contribution in [3.05, 3.63) is 59.8 Å². The molecule has 0 atom stereocenters. The van der Waals surface area contributed by atoms with Gasteiger partial charge in [0.15, 0.2) is 0 Å². The molecule has 0 aliphatic heterocycles. The van der Waals surface area contributed by atoms with Gasteiger partial charge in [0.2, 0.25) is 0 Å². The summed E-state index contributed by atoms with van der Waals surface area (Å²) in [5.41, 5.74) is 1.83. The fraction of sp³-hybridized carbons (Fsp3) is 0.368. The zero-order chi connectivity index (χ0) is 16.7. The van der Waals surface area contributed by atoms with E-state index in [1.165, 1.54) is 0 Å². The Morgan fingerprint density at radius 1 is 1.00 bits per heavy atom. The fourth-order valence-electron chi connectivity index (χ4n) is 2.59. The fourth-order valence-corrected chi connectivity index (χ4v) is 2.59. The summed E-state index contributed by atoms with van der Waals surface area (Å²) in [6.07, 6.45) is 1.72. The maximum absolute atomic E-state index is 12.8. The molecule has 0 saturated carbocycles. The second kappa shape index (κ2) is 8.32. The van der Waals surface area contributed by atoms with Crippen LogP contribution in [-0.4, -0.2) is 35.4 Å². The lowest BCUT2D eigenvalue weighted by atomic mass is 10.1. The molecule has 4 nitrogen and oxygen atoms in total. The molecule has 2 rings (SSSR count). The lowest BCUT2D eigenvalue weighted by Crippen LogP contribution is -2.31. The molecule has 0 saturated heterocycles. The minimum Gasteiger partial charge on any atom is -0.357 e. The molecule has 4 heteroatoms. The predicted octanol–water partition coefficient (Wildman–Crippen LogP) is 3.59. The summed E-state index contributed by atoms with van der Waals surface area (Å²) in [5.74, 6) is 0.906. The van der Waals surface area contributed by atoms with Gasteiger partial charge in [-0.05, 0) is 38.5 Å². The van der Waals surface area contributed by atoms with E-state index in [1.807, 2.05) is 48.2 Å². The van der Waals surface area contributed by atoms with Crippen LogP contribution in [-0.2, 0) is 6.54 Å². The van der Waals surface area contributed by atoms with E-state index < -0.39 is 0 Å². The topological polar surface area (TPSA) is 36.4 Å². The molecule has 0 unspecified atom stereocenters. The van der Waals surface area contributed by atoms with Gasteiger partial charge in [-0.15, -0.1) is 0 Å². The summed E-state index contributed by atoms with van der Waals surface area (Å²) in [6.45, 7) is 9.25. The molecule has 122 valence electrons. The van der Waals surface area contributed by atoms with E-state index in [2.05, 4.69) is 23.7 Å². The first kappa shape index (κ1) is 17.0. The highest BCUT2D eigenvalue weighted by atomic mass is 16.2.